The summed E-state index contributed by atoms with van der Waals surface area (Å²) in [4.78, 5) is 29.4. The average molecular weight is 580 g/mol. The molecule has 0 aromatic heterocycles. The molecule has 2 amide bonds. The Morgan fingerprint density at radius 2 is 1.54 bits per heavy atom. The fourth-order valence-corrected chi connectivity index (χ4v) is 6.47. The van der Waals surface area contributed by atoms with Crippen molar-refractivity contribution < 1.29 is 22.4 Å². The number of para-hydroxylation sites is 1. The van der Waals surface area contributed by atoms with Crippen LogP contribution in [0, 0.1) is 19.7 Å². The van der Waals surface area contributed by atoms with Crippen LogP contribution in [0.15, 0.2) is 72.8 Å². The number of halogens is 1. The maximum absolute atomic E-state index is 14.9. The minimum atomic E-state index is -3.88. The Labute approximate surface area is 242 Å². The lowest BCUT2D eigenvalue weighted by Crippen LogP contribution is -2.54. The lowest BCUT2D eigenvalue weighted by atomic mass is 10.0. The molecule has 1 aliphatic rings. The Bertz CT molecular complexity index is 1450. The summed E-state index contributed by atoms with van der Waals surface area (Å²) in [6.07, 6.45) is 5.01. The van der Waals surface area contributed by atoms with Gasteiger partial charge in [0.2, 0.25) is 21.8 Å². The van der Waals surface area contributed by atoms with Gasteiger partial charge in [0, 0.05) is 24.6 Å². The van der Waals surface area contributed by atoms with Gasteiger partial charge in [-0.25, -0.2) is 12.8 Å². The van der Waals surface area contributed by atoms with Gasteiger partial charge in [-0.2, -0.15) is 0 Å². The van der Waals surface area contributed by atoms with Crippen molar-refractivity contribution in [2.24, 2.45) is 0 Å². The predicted molar refractivity (Wildman–Crippen MR) is 159 cm³/mol. The molecule has 0 aliphatic heterocycles. The van der Waals surface area contributed by atoms with Gasteiger partial charge in [0.15, 0.2) is 0 Å². The standard InChI is InChI=1S/C32H38FN3O4S/c1-23-12-11-13-24(2)31(23)36(41(3,39)40)22-30(37)35(21-26-16-7-10-19-28(26)33)29(20-25-14-5-4-6-15-25)32(38)34-27-17-8-9-18-27/h4-7,10-16,19,27,29H,8-9,17-18,20-22H2,1-3H3,(H,34,38)/t29-/m1/s1. The molecule has 0 spiro atoms. The molecule has 1 atom stereocenters. The van der Waals surface area contributed by atoms with Crippen molar-refractivity contribution in [2.75, 3.05) is 17.1 Å². The van der Waals surface area contributed by atoms with Gasteiger partial charge in [0.25, 0.3) is 0 Å². The molecular formula is C32H38FN3O4S. The quantitative estimate of drug-likeness (QED) is 0.350. The molecule has 3 aromatic carbocycles. The van der Waals surface area contributed by atoms with Crippen LogP contribution < -0.4 is 9.62 Å². The Balaban J connectivity index is 1.76. The number of hydrogen-bond acceptors (Lipinski definition) is 4. The molecule has 0 saturated heterocycles. The minimum absolute atomic E-state index is 0.00771. The molecule has 1 saturated carbocycles. The highest BCUT2D eigenvalue weighted by Crippen LogP contribution is 2.28. The molecule has 41 heavy (non-hydrogen) atoms. The van der Waals surface area contributed by atoms with E-state index in [9.17, 15) is 22.4 Å². The molecule has 3 aromatic rings. The van der Waals surface area contributed by atoms with Crippen molar-refractivity contribution in [1.29, 1.82) is 0 Å². The zero-order chi connectivity index (χ0) is 29.6. The van der Waals surface area contributed by atoms with E-state index in [-0.39, 0.29) is 30.5 Å². The van der Waals surface area contributed by atoms with Crippen LogP contribution >= 0.6 is 0 Å². The van der Waals surface area contributed by atoms with Crippen LogP contribution in [-0.4, -0.2) is 50.0 Å². The van der Waals surface area contributed by atoms with Crippen LogP contribution in [0.3, 0.4) is 0 Å². The molecule has 7 nitrogen and oxygen atoms in total. The monoisotopic (exact) mass is 579 g/mol. The number of aryl methyl sites for hydroxylation is 2. The van der Waals surface area contributed by atoms with Crippen molar-refractivity contribution >= 4 is 27.5 Å². The fourth-order valence-electron chi connectivity index (χ4n) is 5.51. The second kappa shape index (κ2) is 13.3. The van der Waals surface area contributed by atoms with Gasteiger partial charge in [-0.15, -0.1) is 0 Å². The first-order valence-electron chi connectivity index (χ1n) is 14.0. The first kappa shape index (κ1) is 30.2. The van der Waals surface area contributed by atoms with E-state index < -0.39 is 34.3 Å². The maximum atomic E-state index is 14.9. The Kier molecular flexibility index (Phi) is 9.81. The summed E-state index contributed by atoms with van der Waals surface area (Å²) in [7, 11) is -3.88. The molecule has 1 fully saturated rings. The number of anilines is 1. The van der Waals surface area contributed by atoms with E-state index in [4.69, 9.17) is 0 Å². The van der Waals surface area contributed by atoms with E-state index in [1.807, 2.05) is 36.4 Å². The van der Waals surface area contributed by atoms with Crippen molar-refractivity contribution in [3.8, 4) is 0 Å². The molecule has 0 radical (unpaired) electrons. The van der Waals surface area contributed by atoms with Crippen LogP contribution in [0.1, 0.15) is 47.9 Å². The van der Waals surface area contributed by atoms with Crippen LogP contribution in [0.2, 0.25) is 0 Å². The van der Waals surface area contributed by atoms with Crippen molar-refractivity contribution in [3.63, 3.8) is 0 Å². The summed E-state index contributed by atoms with van der Waals surface area (Å²) in [6, 6.07) is 19.9. The van der Waals surface area contributed by atoms with Gasteiger partial charge in [-0.05, 0) is 49.4 Å². The van der Waals surface area contributed by atoms with Crippen LogP contribution in [-0.2, 0) is 32.6 Å². The zero-order valence-corrected chi connectivity index (χ0v) is 24.7. The Hall–Kier alpha value is -3.72. The third kappa shape index (κ3) is 7.73. The Morgan fingerprint density at radius 3 is 2.15 bits per heavy atom. The smallest absolute Gasteiger partial charge is 0.244 e. The number of carbonyl (C=O) groups is 2. The number of rotatable bonds is 11. The van der Waals surface area contributed by atoms with Crippen molar-refractivity contribution in [1.82, 2.24) is 10.2 Å². The highest BCUT2D eigenvalue weighted by molar-refractivity contribution is 7.92. The molecule has 1 N–H and O–H groups in total. The van der Waals surface area contributed by atoms with E-state index in [1.165, 1.54) is 11.0 Å². The SMILES string of the molecule is Cc1cccc(C)c1N(CC(=O)N(Cc1ccccc1F)[C@H](Cc1ccccc1)C(=O)NC1CCCC1)S(C)(=O)=O. The van der Waals surface area contributed by atoms with E-state index in [2.05, 4.69) is 5.32 Å². The van der Waals surface area contributed by atoms with E-state index >= 15 is 0 Å². The van der Waals surface area contributed by atoms with Gasteiger partial charge < -0.3 is 10.2 Å². The summed E-state index contributed by atoms with van der Waals surface area (Å²) in [5.41, 5.74) is 2.89. The number of hydrogen-bond donors (Lipinski definition) is 1. The van der Waals surface area contributed by atoms with Gasteiger partial charge in [-0.1, -0.05) is 79.6 Å². The molecule has 4 rings (SSSR count). The number of carbonyl (C=O) groups excluding carboxylic acids is 2. The molecule has 0 heterocycles. The molecule has 0 bridgehead atoms. The highest BCUT2D eigenvalue weighted by Gasteiger charge is 2.35. The topological polar surface area (TPSA) is 86.8 Å². The van der Waals surface area contributed by atoms with Crippen LogP contribution in [0.5, 0.6) is 0 Å². The first-order valence-corrected chi connectivity index (χ1v) is 15.8. The number of nitrogens with zero attached hydrogens (tertiary/aromatic N) is 2. The third-order valence-electron chi connectivity index (χ3n) is 7.64. The lowest BCUT2D eigenvalue weighted by molar-refractivity contribution is -0.140. The fraction of sp³-hybridized carbons (Fsp3) is 0.375. The van der Waals surface area contributed by atoms with Crippen LogP contribution in [0.4, 0.5) is 10.1 Å². The van der Waals surface area contributed by atoms with Gasteiger partial charge in [0.1, 0.15) is 18.4 Å². The third-order valence-corrected chi connectivity index (χ3v) is 8.75. The molecule has 0 unspecified atom stereocenters. The highest BCUT2D eigenvalue weighted by atomic mass is 32.2. The second-order valence-corrected chi connectivity index (χ2v) is 12.7. The molecule has 1 aliphatic carbocycles. The van der Waals surface area contributed by atoms with Gasteiger partial charge >= 0.3 is 0 Å². The van der Waals surface area contributed by atoms with Gasteiger partial charge in [-0.3, -0.25) is 13.9 Å². The largest absolute Gasteiger partial charge is 0.352 e. The maximum Gasteiger partial charge on any atom is 0.244 e. The van der Waals surface area contributed by atoms with Crippen LogP contribution in [0.25, 0.3) is 0 Å². The number of benzene rings is 3. The summed E-state index contributed by atoms with van der Waals surface area (Å²) >= 11 is 0. The molecule has 218 valence electrons. The van der Waals surface area contributed by atoms with Gasteiger partial charge in [0.05, 0.1) is 11.9 Å². The normalized spacial score (nSPS) is 14.4. The first-order chi connectivity index (χ1) is 19.5. The van der Waals surface area contributed by atoms with E-state index in [0.717, 1.165) is 41.8 Å². The zero-order valence-electron chi connectivity index (χ0n) is 23.8. The Morgan fingerprint density at radius 1 is 0.927 bits per heavy atom. The average Bonchev–Trinajstić information content (AvgIpc) is 3.44. The number of sulfonamides is 1. The number of amides is 2. The van der Waals surface area contributed by atoms with E-state index in [1.54, 1.807) is 44.2 Å². The summed E-state index contributed by atoms with van der Waals surface area (Å²) < 4.78 is 42.1. The minimum Gasteiger partial charge on any atom is -0.352 e. The van der Waals surface area contributed by atoms with Crippen molar-refractivity contribution in [2.45, 2.75) is 64.6 Å². The van der Waals surface area contributed by atoms with Crippen molar-refractivity contribution in [3.05, 3.63) is 101 Å². The number of nitrogens with one attached hydrogen (secondary N) is 1. The second-order valence-electron chi connectivity index (χ2n) is 10.8. The summed E-state index contributed by atoms with van der Waals surface area (Å²) in [5.74, 6) is -1.43. The lowest BCUT2D eigenvalue weighted by Gasteiger charge is -2.34. The predicted octanol–water partition coefficient (Wildman–Crippen LogP) is 4.91. The molecule has 9 heteroatoms. The molecular weight excluding hydrogens is 541 g/mol. The summed E-state index contributed by atoms with van der Waals surface area (Å²) in [6.45, 7) is 2.86. The summed E-state index contributed by atoms with van der Waals surface area (Å²) in [5, 5.41) is 3.11. The van der Waals surface area contributed by atoms with E-state index in [0.29, 0.717) is 16.8 Å².